The third-order valence-corrected chi connectivity index (χ3v) is 8.01. The minimum absolute atomic E-state index is 0.115. The predicted molar refractivity (Wildman–Crippen MR) is 94.6 cm³/mol. The van der Waals surface area contributed by atoms with E-state index in [-0.39, 0.29) is 5.41 Å². The minimum Gasteiger partial charge on any atom is -0.377 e. The minimum atomic E-state index is -0.914. The normalized spacial score (nSPS) is 48.7. The first-order valence-electron chi connectivity index (χ1n) is 9.63. The van der Waals surface area contributed by atoms with Gasteiger partial charge in [0.25, 0.3) is 0 Å². The smallest absolute Gasteiger partial charge is 0.131 e. The highest BCUT2D eigenvalue weighted by Crippen LogP contribution is 2.67. The van der Waals surface area contributed by atoms with Crippen molar-refractivity contribution in [3.8, 4) is 12.3 Å². The van der Waals surface area contributed by atoms with E-state index in [9.17, 15) is 5.11 Å². The number of hydrogen-bond donors (Lipinski definition) is 1. The lowest BCUT2D eigenvalue weighted by atomic mass is 9.48. The average molecular weight is 310 g/mol. The molecule has 0 aromatic rings. The van der Waals surface area contributed by atoms with E-state index < -0.39 is 5.60 Å². The Kier molecular flexibility index (Phi) is 3.54. The maximum absolute atomic E-state index is 11.2. The fraction of sp³-hybridized carbons (Fsp3) is 0.727. The number of fused-ring (bicyclic) bond motifs is 5. The molecule has 3 unspecified atom stereocenters. The van der Waals surface area contributed by atoms with Crippen molar-refractivity contribution in [2.75, 3.05) is 0 Å². The van der Waals surface area contributed by atoms with E-state index in [1.807, 2.05) is 0 Å². The largest absolute Gasteiger partial charge is 0.377 e. The van der Waals surface area contributed by atoms with Crippen LogP contribution in [0.5, 0.6) is 0 Å². The Hall–Kier alpha value is -1.00. The standard InChI is InChI=1S/C22H30O/c1-4-21-14-15(3)20-17-9-7-6-8-16(17)10-11-18(20)19(21)12-13-22(21,23)5-2/h2,8,17-20,23H,3-4,6-7,9-14H2,1H3/t17-,18-,19?,20?,21-,22?/m1/s1. The van der Waals surface area contributed by atoms with Gasteiger partial charge in [-0.3, -0.25) is 0 Å². The van der Waals surface area contributed by atoms with Gasteiger partial charge in [-0.25, -0.2) is 0 Å². The zero-order valence-corrected chi connectivity index (χ0v) is 14.5. The van der Waals surface area contributed by atoms with Crippen molar-refractivity contribution in [3.05, 3.63) is 23.8 Å². The van der Waals surface area contributed by atoms with Crippen LogP contribution < -0.4 is 0 Å². The zero-order valence-electron chi connectivity index (χ0n) is 14.5. The Morgan fingerprint density at radius 2 is 2.22 bits per heavy atom. The lowest BCUT2D eigenvalue weighted by Crippen LogP contribution is -2.54. The second kappa shape index (κ2) is 5.25. The topological polar surface area (TPSA) is 20.2 Å². The number of terminal acetylenes is 1. The number of allylic oxidation sites excluding steroid dienone is 3. The summed E-state index contributed by atoms with van der Waals surface area (Å²) < 4.78 is 0. The molecule has 124 valence electrons. The summed E-state index contributed by atoms with van der Waals surface area (Å²) in [4.78, 5) is 0. The molecule has 1 N–H and O–H groups in total. The molecular formula is C22H30O. The van der Waals surface area contributed by atoms with Gasteiger partial charge in [-0.15, -0.1) is 6.42 Å². The molecule has 0 aromatic carbocycles. The quantitative estimate of drug-likeness (QED) is 0.541. The van der Waals surface area contributed by atoms with Gasteiger partial charge in [0.15, 0.2) is 0 Å². The first kappa shape index (κ1) is 15.5. The maximum Gasteiger partial charge on any atom is 0.131 e. The highest BCUT2D eigenvalue weighted by Gasteiger charge is 2.64. The first-order chi connectivity index (χ1) is 11.1. The van der Waals surface area contributed by atoms with Gasteiger partial charge in [-0.05, 0) is 81.5 Å². The molecule has 1 heteroatoms. The molecule has 0 saturated heterocycles. The van der Waals surface area contributed by atoms with Crippen LogP contribution in [0, 0.1) is 41.4 Å². The van der Waals surface area contributed by atoms with Gasteiger partial charge >= 0.3 is 0 Å². The van der Waals surface area contributed by atoms with Gasteiger partial charge < -0.3 is 5.11 Å². The molecule has 23 heavy (non-hydrogen) atoms. The van der Waals surface area contributed by atoms with Crippen molar-refractivity contribution in [2.24, 2.45) is 29.1 Å². The highest BCUT2D eigenvalue weighted by atomic mass is 16.3. The summed E-state index contributed by atoms with van der Waals surface area (Å²) in [7, 11) is 0. The van der Waals surface area contributed by atoms with Gasteiger partial charge in [-0.2, -0.15) is 0 Å². The lowest BCUT2D eigenvalue weighted by molar-refractivity contribution is -0.0788. The van der Waals surface area contributed by atoms with Crippen molar-refractivity contribution in [1.29, 1.82) is 0 Å². The van der Waals surface area contributed by atoms with Crippen LogP contribution in [0.1, 0.15) is 64.7 Å². The fourth-order valence-electron chi connectivity index (χ4n) is 7.03. The monoisotopic (exact) mass is 310 g/mol. The van der Waals surface area contributed by atoms with Crippen LogP contribution in [-0.4, -0.2) is 10.7 Å². The van der Waals surface area contributed by atoms with Crippen LogP contribution in [0.15, 0.2) is 23.8 Å². The van der Waals surface area contributed by atoms with E-state index in [2.05, 4.69) is 25.5 Å². The number of hydrogen-bond acceptors (Lipinski definition) is 1. The maximum atomic E-state index is 11.2. The van der Waals surface area contributed by atoms with E-state index in [0.29, 0.717) is 17.8 Å². The summed E-state index contributed by atoms with van der Waals surface area (Å²) in [6.07, 6.45) is 18.6. The van der Waals surface area contributed by atoms with Crippen molar-refractivity contribution < 1.29 is 5.11 Å². The fourth-order valence-corrected chi connectivity index (χ4v) is 7.03. The Balaban J connectivity index is 1.74. The summed E-state index contributed by atoms with van der Waals surface area (Å²) in [5.41, 5.74) is 2.08. The highest BCUT2D eigenvalue weighted by molar-refractivity contribution is 5.32. The van der Waals surface area contributed by atoms with Crippen molar-refractivity contribution in [3.63, 3.8) is 0 Å². The predicted octanol–water partition coefficient (Wildman–Crippen LogP) is 4.87. The van der Waals surface area contributed by atoms with Crippen LogP contribution in [0.4, 0.5) is 0 Å². The summed E-state index contributed by atoms with van der Waals surface area (Å²) >= 11 is 0. The summed E-state index contributed by atoms with van der Waals surface area (Å²) in [6.45, 7) is 6.76. The van der Waals surface area contributed by atoms with Gasteiger partial charge in [0.2, 0.25) is 0 Å². The van der Waals surface area contributed by atoms with E-state index in [0.717, 1.165) is 31.6 Å². The number of rotatable bonds is 1. The van der Waals surface area contributed by atoms with Crippen molar-refractivity contribution >= 4 is 0 Å². The lowest BCUT2D eigenvalue weighted by Gasteiger charge is -2.56. The third-order valence-electron chi connectivity index (χ3n) is 8.01. The molecule has 0 amide bonds. The van der Waals surface area contributed by atoms with Gasteiger partial charge in [-0.1, -0.05) is 36.6 Å². The SMILES string of the molecule is C#CC1(O)CCC2[C@H]3CCC4=CCCC[C@H]4C3C(=C)C[C@]21CC. The zero-order chi connectivity index (χ0) is 16.2. The molecule has 3 saturated carbocycles. The molecule has 0 bridgehead atoms. The van der Waals surface area contributed by atoms with Gasteiger partial charge in [0.1, 0.15) is 5.60 Å². The Morgan fingerprint density at radius 1 is 1.39 bits per heavy atom. The van der Waals surface area contributed by atoms with Crippen molar-refractivity contribution in [1.82, 2.24) is 0 Å². The molecular weight excluding hydrogens is 280 g/mol. The van der Waals surface area contributed by atoms with E-state index >= 15 is 0 Å². The van der Waals surface area contributed by atoms with Crippen LogP contribution in [0.2, 0.25) is 0 Å². The van der Waals surface area contributed by atoms with Crippen LogP contribution in [0.25, 0.3) is 0 Å². The molecule has 4 rings (SSSR count). The second-order valence-electron chi connectivity index (χ2n) is 8.54. The Bertz CT molecular complexity index is 594. The summed E-state index contributed by atoms with van der Waals surface area (Å²) in [5.74, 6) is 5.48. The average Bonchev–Trinajstić information content (AvgIpc) is 2.88. The van der Waals surface area contributed by atoms with E-state index in [4.69, 9.17) is 6.42 Å². The number of aliphatic hydroxyl groups is 1. The second-order valence-corrected chi connectivity index (χ2v) is 8.54. The molecule has 0 aromatic heterocycles. The molecule has 0 spiro atoms. The molecule has 0 radical (unpaired) electrons. The molecule has 4 aliphatic rings. The first-order valence-corrected chi connectivity index (χ1v) is 9.63. The van der Waals surface area contributed by atoms with Gasteiger partial charge in [0.05, 0.1) is 0 Å². The molecule has 1 nitrogen and oxygen atoms in total. The van der Waals surface area contributed by atoms with E-state index in [1.165, 1.54) is 37.7 Å². The Morgan fingerprint density at radius 3 is 2.96 bits per heavy atom. The van der Waals surface area contributed by atoms with Crippen LogP contribution >= 0.6 is 0 Å². The third kappa shape index (κ3) is 1.91. The molecule has 6 atom stereocenters. The Labute approximate surface area is 141 Å². The molecule has 0 aliphatic heterocycles. The van der Waals surface area contributed by atoms with Crippen LogP contribution in [0.3, 0.4) is 0 Å². The molecule has 0 heterocycles. The van der Waals surface area contributed by atoms with Crippen molar-refractivity contribution in [2.45, 2.75) is 70.3 Å². The molecule has 4 aliphatic carbocycles. The van der Waals surface area contributed by atoms with Crippen LogP contribution in [-0.2, 0) is 0 Å². The van der Waals surface area contributed by atoms with E-state index in [1.54, 1.807) is 5.57 Å². The molecule has 3 fully saturated rings. The van der Waals surface area contributed by atoms with Gasteiger partial charge in [0, 0.05) is 5.41 Å². The summed E-state index contributed by atoms with van der Waals surface area (Å²) in [5, 5.41) is 11.2. The summed E-state index contributed by atoms with van der Waals surface area (Å²) in [6, 6.07) is 0.